The van der Waals surface area contributed by atoms with Crippen LogP contribution in [0.25, 0.3) is 109 Å². The molecule has 0 saturated carbocycles. The van der Waals surface area contributed by atoms with Crippen molar-refractivity contribution in [3.8, 4) is 33.4 Å². The third-order valence-corrected chi connectivity index (χ3v) is 10.2. The van der Waals surface area contributed by atoms with Gasteiger partial charge in [0, 0.05) is 16.3 Å². The highest BCUT2D eigenvalue weighted by Crippen LogP contribution is 2.45. The Labute approximate surface area is 305 Å². The minimum absolute atomic E-state index is 0.191. The predicted molar refractivity (Wildman–Crippen MR) is 218 cm³/mol. The lowest BCUT2D eigenvalue weighted by Gasteiger charge is -2.18. The molecule has 1 heteroatoms. The molecule has 0 aliphatic heterocycles. The molecule has 0 spiro atoms. The van der Waals surface area contributed by atoms with Crippen LogP contribution in [0.5, 0.6) is 0 Å². The summed E-state index contributed by atoms with van der Waals surface area (Å²) in [5.41, 5.74) is 5.32. The van der Waals surface area contributed by atoms with Crippen LogP contribution >= 0.6 is 0 Å². The van der Waals surface area contributed by atoms with Gasteiger partial charge >= 0.3 is 0 Å². The molecule has 0 unspecified atom stereocenters. The first kappa shape index (κ1) is 21.4. The molecular weight excluding hydrogens is 617 g/mol. The molecule has 1 aromatic heterocycles. The van der Waals surface area contributed by atoms with Gasteiger partial charge in [0.1, 0.15) is 11.2 Å². The van der Waals surface area contributed by atoms with Crippen LogP contribution in [-0.4, -0.2) is 0 Å². The number of fused-ring (bicyclic) bond motifs is 9. The molecule has 11 aromatic rings. The summed E-state index contributed by atoms with van der Waals surface area (Å²) >= 11 is 0. The highest BCUT2D eigenvalue weighted by Gasteiger charge is 2.18. The molecule has 0 atom stereocenters. The molecular formula is C50H30O. The van der Waals surface area contributed by atoms with E-state index in [1.54, 1.807) is 0 Å². The molecule has 0 radical (unpaired) electrons. The molecule has 0 aliphatic rings. The van der Waals surface area contributed by atoms with Crippen molar-refractivity contribution in [1.82, 2.24) is 0 Å². The second-order valence-corrected chi connectivity index (χ2v) is 13.0. The van der Waals surface area contributed by atoms with Crippen LogP contribution in [0, 0.1) is 0 Å². The summed E-state index contributed by atoms with van der Waals surface area (Å²) in [5, 5.41) is 8.76. The lowest BCUT2D eigenvalue weighted by atomic mass is 9.85. The van der Waals surface area contributed by atoms with Crippen molar-refractivity contribution in [2.75, 3.05) is 0 Å². The number of para-hydroxylation sites is 1. The molecule has 236 valence electrons. The molecule has 0 amide bonds. The Kier molecular flexibility index (Phi) is 4.57. The zero-order chi connectivity index (χ0) is 40.4. The Balaban J connectivity index is 1.18. The fourth-order valence-electron chi connectivity index (χ4n) is 7.91. The van der Waals surface area contributed by atoms with Crippen LogP contribution in [0.1, 0.15) is 11.0 Å². The zero-order valence-electron chi connectivity index (χ0n) is 35.1. The number of hydrogen-bond donors (Lipinski definition) is 0. The standard InChI is InChI=1S/C50H30O/c1-2-12-33-29-37(24-20-31(33)10-1)47-41-14-5-7-16-43(41)48(44-17-8-6-15-42(44)47)38-25-22-34-28-36(23-21-35(34)30-38)40-18-9-19-45-49-39-13-4-3-11-32(39)26-27-46(49)51-50(40)45/h1-30H/i5D,6D,7D,8D,14D,15D,16D,17D. The maximum Gasteiger partial charge on any atom is 0.143 e. The van der Waals surface area contributed by atoms with Crippen molar-refractivity contribution in [3.05, 3.63) is 182 Å². The van der Waals surface area contributed by atoms with Crippen molar-refractivity contribution in [1.29, 1.82) is 0 Å². The van der Waals surface area contributed by atoms with Crippen molar-refractivity contribution in [2.45, 2.75) is 0 Å². The van der Waals surface area contributed by atoms with E-state index >= 15 is 0 Å². The minimum Gasteiger partial charge on any atom is -0.455 e. The Morgan fingerprint density at radius 1 is 0.373 bits per heavy atom. The molecule has 10 aromatic carbocycles. The van der Waals surface area contributed by atoms with Crippen molar-refractivity contribution < 1.29 is 15.4 Å². The van der Waals surface area contributed by atoms with Crippen LogP contribution in [0.4, 0.5) is 0 Å². The average molecular weight is 655 g/mol. The smallest absolute Gasteiger partial charge is 0.143 e. The number of benzene rings is 10. The van der Waals surface area contributed by atoms with Crippen molar-refractivity contribution >= 4 is 75.8 Å². The second-order valence-electron chi connectivity index (χ2n) is 13.0. The molecule has 0 N–H and O–H groups in total. The summed E-state index contributed by atoms with van der Waals surface area (Å²) in [6, 6.07) is 41.1. The van der Waals surface area contributed by atoms with Gasteiger partial charge in [0.2, 0.25) is 0 Å². The summed E-state index contributed by atoms with van der Waals surface area (Å²) in [4.78, 5) is 0. The van der Waals surface area contributed by atoms with Crippen LogP contribution < -0.4 is 0 Å². The van der Waals surface area contributed by atoms with E-state index < -0.39 is 24.2 Å². The third-order valence-electron chi connectivity index (χ3n) is 10.2. The van der Waals surface area contributed by atoms with Crippen LogP contribution in [-0.2, 0) is 0 Å². The van der Waals surface area contributed by atoms with Gasteiger partial charge in [0.25, 0.3) is 0 Å². The lowest BCUT2D eigenvalue weighted by Crippen LogP contribution is -1.91. The van der Waals surface area contributed by atoms with Gasteiger partial charge in [-0.2, -0.15) is 0 Å². The first-order chi connectivity index (χ1) is 28.6. The maximum absolute atomic E-state index is 9.35. The molecule has 0 aliphatic carbocycles. The van der Waals surface area contributed by atoms with E-state index in [9.17, 15) is 5.48 Å². The van der Waals surface area contributed by atoms with E-state index in [2.05, 4.69) is 36.4 Å². The Bertz CT molecular complexity index is 3580. The monoisotopic (exact) mass is 654 g/mol. The van der Waals surface area contributed by atoms with E-state index in [0.717, 1.165) is 65.4 Å². The Hall–Kier alpha value is -6.70. The molecule has 0 bridgehead atoms. The summed E-state index contributed by atoms with van der Waals surface area (Å²) < 4.78 is 79.0. The fourth-order valence-corrected chi connectivity index (χ4v) is 7.91. The predicted octanol–water partition coefficient (Wildman–Crippen LogP) is 14.4. The van der Waals surface area contributed by atoms with Crippen LogP contribution in [0.3, 0.4) is 0 Å². The van der Waals surface area contributed by atoms with E-state index in [0.29, 0.717) is 22.3 Å². The van der Waals surface area contributed by atoms with Gasteiger partial charge in [-0.25, -0.2) is 0 Å². The fraction of sp³-hybridized carbons (Fsp3) is 0. The van der Waals surface area contributed by atoms with Gasteiger partial charge in [-0.05, 0) is 106 Å². The summed E-state index contributed by atoms with van der Waals surface area (Å²) in [7, 11) is 0. The van der Waals surface area contributed by atoms with Gasteiger partial charge in [0.15, 0.2) is 0 Å². The van der Waals surface area contributed by atoms with E-state index in [4.69, 9.17) is 9.90 Å². The summed E-state index contributed by atoms with van der Waals surface area (Å²) in [5.74, 6) is 0. The highest BCUT2D eigenvalue weighted by atomic mass is 16.3. The summed E-state index contributed by atoms with van der Waals surface area (Å²) in [6.45, 7) is 0. The average Bonchev–Trinajstić information content (AvgIpc) is 3.67. The lowest BCUT2D eigenvalue weighted by molar-refractivity contribution is 0.670. The normalized spacial score (nSPS) is 14.1. The van der Waals surface area contributed by atoms with Crippen LogP contribution in [0.2, 0.25) is 0 Å². The molecule has 51 heavy (non-hydrogen) atoms. The van der Waals surface area contributed by atoms with Gasteiger partial charge in [-0.15, -0.1) is 0 Å². The van der Waals surface area contributed by atoms with Gasteiger partial charge in [-0.1, -0.05) is 158 Å². The van der Waals surface area contributed by atoms with Crippen LogP contribution in [0.15, 0.2) is 186 Å². The quantitative estimate of drug-likeness (QED) is 0.173. The molecule has 0 fully saturated rings. The van der Waals surface area contributed by atoms with Gasteiger partial charge < -0.3 is 4.42 Å². The molecule has 11 rings (SSSR count). The van der Waals surface area contributed by atoms with Gasteiger partial charge in [-0.3, -0.25) is 0 Å². The van der Waals surface area contributed by atoms with Crippen molar-refractivity contribution in [3.63, 3.8) is 0 Å². The largest absolute Gasteiger partial charge is 0.455 e. The number of hydrogen-bond acceptors (Lipinski definition) is 1. The minimum atomic E-state index is -0.424. The van der Waals surface area contributed by atoms with E-state index in [-0.39, 0.29) is 45.7 Å². The zero-order valence-corrected chi connectivity index (χ0v) is 27.1. The van der Waals surface area contributed by atoms with E-state index in [1.165, 1.54) is 0 Å². The maximum atomic E-state index is 9.35. The molecule has 1 heterocycles. The SMILES string of the molecule is [2H]c1c([2H])c([2H])c2c(-c3ccc4cc(-c5cccc6c5oc5ccc7ccccc7c56)ccc4c3)c3c([2H])c([2H])c([2H])c([2H])c3c(-c3ccc4ccccc4c3)c2c1[2H]. The Morgan fingerprint density at radius 2 is 0.863 bits per heavy atom. The second kappa shape index (κ2) is 10.9. The summed E-state index contributed by atoms with van der Waals surface area (Å²) in [6.07, 6.45) is 0. The van der Waals surface area contributed by atoms with E-state index in [1.807, 2.05) is 97.1 Å². The number of rotatable bonds is 3. The Morgan fingerprint density at radius 3 is 1.53 bits per heavy atom. The first-order valence-electron chi connectivity index (χ1n) is 20.9. The topological polar surface area (TPSA) is 13.1 Å². The third kappa shape index (κ3) is 4.28. The molecule has 0 saturated heterocycles. The first-order valence-corrected chi connectivity index (χ1v) is 16.9. The number of furan rings is 1. The highest BCUT2D eigenvalue weighted by molar-refractivity contribution is 6.23. The van der Waals surface area contributed by atoms with Crippen molar-refractivity contribution in [2.24, 2.45) is 0 Å². The van der Waals surface area contributed by atoms with Gasteiger partial charge in [0.05, 0.1) is 11.0 Å². The molecule has 1 nitrogen and oxygen atoms in total.